The molecule has 1 aliphatic rings. The van der Waals surface area contributed by atoms with E-state index in [4.69, 9.17) is 11.6 Å². The number of anilines is 3. The fraction of sp³-hybridized carbons (Fsp3) is 0.0667. The molecule has 0 atom stereocenters. The Morgan fingerprint density at radius 2 is 1.86 bits per heavy atom. The second-order valence-electron chi connectivity index (χ2n) is 4.59. The minimum absolute atomic E-state index is 0.0174. The molecular formula is C15H12ClN3O2. The van der Waals surface area contributed by atoms with Crippen LogP contribution in [0, 0.1) is 0 Å². The number of fused-ring (bicyclic) bond motifs is 1. The Morgan fingerprint density at radius 1 is 1.14 bits per heavy atom. The highest BCUT2D eigenvalue weighted by molar-refractivity contribution is 6.30. The van der Waals surface area contributed by atoms with Gasteiger partial charge in [0.15, 0.2) is 0 Å². The van der Waals surface area contributed by atoms with Gasteiger partial charge in [-0.1, -0.05) is 23.7 Å². The third-order valence-electron chi connectivity index (χ3n) is 3.11. The average Bonchev–Trinajstić information content (AvgIpc) is 2.48. The Bertz CT molecular complexity index is 700. The third kappa shape index (κ3) is 2.83. The largest absolute Gasteiger partial charge is 0.326 e. The number of amides is 3. The average molecular weight is 302 g/mol. The number of nitrogens with zero attached hydrogens (tertiary/aromatic N) is 1. The molecule has 0 saturated carbocycles. The molecule has 5 nitrogen and oxygen atoms in total. The first-order valence-electron chi connectivity index (χ1n) is 6.36. The van der Waals surface area contributed by atoms with Gasteiger partial charge in [-0.15, -0.1) is 0 Å². The minimum atomic E-state index is -0.361. The van der Waals surface area contributed by atoms with Crippen molar-refractivity contribution in [2.24, 2.45) is 0 Å². The number of hydrogen-bond acceptors (Lipinski definition) is 2. The zero-order valence-electron chi connectivity index (χ0n) is 11.0. The molecule has 106 valence electrons. The number of hydrogen-bond donors (Lipinski definition) is 2. The molecule has 0 spiro atoms. The van der Waals surface area contributed by atoms with Gasteiger partial charge in [0.05, 0.1) is 11.4 Å². The summed E-state index contributed by atoms with van der Waals surface area (Å²) in [6.07, 6.45) is 0. The van der Waals surface area contributed by atoms with E-state index in [9.17, 15) is 9.59 Å². The first kappa shape index (κ1) is 13.5. The molecule has 3 rings (SSSR count). The topological polar surface area (TPSA) is 61.4 Å². The molecule has 3 amide bonds. The standard InChI is InChI=1S/C15H12ClN3O2/c16-10-5-7-11(8-6-10)17-15(21)19-9-14(20)18-12-3-1-2-4-13(12)19/h1-8H,9H2,(H,17,21)(H,18,20). The van der Waals surface area contributed by atoms with E-state index in [1.165, 1.54) is 4.90 Å². The van der Waals surface area contributed by atoms with Crippen molar-refractivity contribution >= 4 is 40.6 Å². The predicted molar refractivity (Wildman–Crippen MR) is 82.9 cm³/mol. The van der Waals surface area contributed by atoms with Crippen LogP contribution in [-0.4, -0.2) is 18.5 Å². The number of benzene rings is 2. The summed E-state index contributed by atoms with van der Waals surface area (Å²) in [5.41, 5.74) is 1.91. The van der Waals surface area contributed by atoms with E-state index in [-0.39, 0.29) is 18.5 Å². The second-order valence-corrected chi connectivity index (χ2v) is 5.02. The van der Waals surface area contributed by atoms with Crippen LogP contribution in [0.2, 0.25) is 5.02 Å². The van der Waals surface area contributed by atoms with Crippen LogP contribution < -0.4 is 15.5 Å². The van der Waals surface area contributed by atoms with Crippen LogP contribution in [0.25, 0.3) is 0 Å². The zero-order valence-corrected chi connectivity index (χ0v) is 11.7. The predicted octanol–water partition coefficient (Wildman–Crippen LogP) is 3.33. The van der Waals surface area contributed by atoms with E-state index in [1.807, 2.05) is 6.07 Å². The lowest BCUT2D eigenvalue weighted by molar-refractivity contribution is -0.115. The molecule has 2 aromatic rings. The lowest BCUT2D eigenvalue weighted by Gasteiger charge is -2.29. The van der Waals surface area contributed by atoms with Gasteiger partial charge in [0.25, 0.3) is 0 Å². The lowest BCUT2D eigenvalue weighted by Crippen LogP contribution is -2.44. The molecule has 2 N–H and O–H groups in total. The highest BCUT2D eigenvalue weighted by atomic mass is 35.5. The van der Waals surface area contributed by atoms with Gasteiger partial charge in [0, 0.05) is 10.7 Å². The molecule has 0 radical (unpaired) electrons. The van der Waals surface area contributed by atoms with Crippen LogP contribution in [0.1, 0.15) is 0 Å². The van der Waals surface area contributed by atoms with E-state index < -0.39 is 0 Å². The van der Waals surface area contributed by atoms with Crippen LogP contribution in [0.3, 0.4) is 0 Å². The Kier molecular flexibility index (Phi) is 3.50. The Morgan fingerprint density at radius 3 is 2.62 bits per heavy atom. The van der Waals surface area contributed by atoms with Gasteiger partial charge in [-0.25, -0.2) is 4.79 Å². The molecule has 0 unspecified atom stereocenters. The summed E-state index contributed by atoms with van der Waals surface area (Å²) in [5.74, 6) is -0.222. The van der Waals surface area contributed by atoms with Crippen LogP contribution in [0.5, 0.6) is 0 Å². The summed E-state index contributed by atoms with van der Waals surface area (Å²) in [6, 6.07) is 13.6. The SMILES string of the molecule is O=C1CN(C(=O)Nc2ccc(Cl)cc2)c2ccccc2N1. The van der Waals surface area contributed by atoms with Gasteiger partial charge in [-0.3, -0.25) is 9.69 Å². The fourth-order valence-electron chi connectivity index (χ4n) is 2.14. The van der Waals surface area contributed by atoms with Crippen molar-refractivity contribution in [3.8, 4) is 0 Å². The van der Waals surface area contributed by atoms with E-state index in [0.29, 0.717) is 22.1 Å². The molecule has 0 aromatic heterocycles. The number of urea groups is 1. The van der Waals surface area contributed by atoms with Crippen molar-refractivity contribution in [2.45, 2.75) is 0 Å². The second kappa shape index (κ2) is 5.46. The Labute approximate surface area is 126 Å². The molecular weight excluding hydrogens is 290 g/mol. The van der Waals surface area contributed by atoms with Gasteiger partial charge in [-0.05, 0) is 36.4 Å². The van der Waals surface area contributed by atoms with Gasteiger partial charge in [0.2, 0.25) is 5.91 Å². The van der Waals surface area contributed by atoms with Crippen molar-refractivity contribution in [3.05, 3.63) is 53.6 Å². The molecule has 1 heterocycles. The van der Waals surface area contributed by atoms with Crippen LogP contribution >= 0.6 is 11.6 Å². The minimum Gasteiger partial charge on any atom is -0.323 e. The number of para-hydroxylation sites is 2. The van der Waals surface area contributed by atoms with Crippen molar-refractivity contribution in [3.63, 3.8) is 0 Å². The molecule has 2 aromatic carbocycles. The number of rotatable bonds is 1. The Hall–Kier alpha value is -2.53. The molecule has 6 heteroatoms. The van der Waals surface area contributed by atoms with E-state index in [2.05, 4.69) is 10.6 Å². The van der Waals surface area contributed by atoms with Crippen molar-refractivity contribution < 1.29 is 9.59 Å². The molecule has 0 fully saturated rings. The monoisotopic (exact) mass is 301 g/mol. The normalized spacial score (nSPS) is 13.4. The summed E-state index contributed by atoms with van der Waals surface area (Å²) in [7, 11) is 0. The highest BCUT2D eigenvalue weighted by Crippen LogP contribution is 2.29. The summed E-state index contributed by atoms with van der Waals surface area (Å²) in [6.45, 7) is -0.0174. The van der Waals surface area contributed by atoms with Crippen LogP contribution in [0.4, 0.5) is 21.9 Å². The molecule has 1 aliphatic heterocycles. The van der Waals surface area contributed by atoms with Crippen LogP contribution in [-0.2, 0) is 4.79 Å². The third-order valence-corrected chi connectivity index (χ3v) is 3.36. The van der Waals surface area contributed by atoms with Gasteiger partial charge >= 0.3 is 6.03 Å². The maximum Gasteiger partial charge on any atom is 0.326 e. The van der Waals surface area contributed by atoms with E-state index in [0.717, 1.165) is 0 Å². The molecule has 0 aliphatic carbocycles. The van der Waals surface area contributed by atoms with Gasteiger partial charge in [0.1, 0.15) is 6.54 Å². The smallest absolute Gasteiger partial charge is 0.323 e. The first-order chi connectivity index (χ1) is 10.1. The van der Waals surface area contributed by atoms with Crippen molar-refractivity contribution in [1.82, 2.24) is 0 Å². The van der Waals surface area contributed by atoms with Crippen molar-refractivity contribution in [1.29, 1.82) is 0 Å². The number of carbonyl (C=O) groups excluding carboxylic acids is 2. The van der Waals surface area contributed by atoms with E-state index in [1.54, 1.807) is 42.5 Å². The van der Waals surface area contributed by atoms with Crippen LogP contribution in [0.15, 0.2) is 48.5 Å². The summed E-state index contributed by atoms with van der Waals surface area (Å²) in [4.78, 5) is 25.5. The molecule has 21 heavy (non-hydrogen) atoms. The fourth-order valence-corrected chi connectivity index (χ4v) is 2.26. The van der Waals surface area contributed by atoms with Crippen molar-refractivity contribution in [2.75, 3.05) is 22.1 Å². The maximum absolute atomic E-state index is 12.4. The highest BCUT2D eigenvalue weighted by Gasteiger charge is 2.26. The lowest BCUT2D eigenvalue weighted by atomic mass is 10.2. The van der Waals surface area contributed by atoms with Gasteiger partial charge < -0.3 is 10.6 Å². The maximum atomic E-state index is 12.4. The zero-order chi connectivity index (χ0) is 14.8. The molecule has 0 saturated heterocycles. The number of halogens is 1. The Balaban J connectivity index is 1.84. The molecule has 0 bridgehead atoms. The quantitative estimate of drug-likeness (QED) is 0.848. The van der Waals surface area contributed by atoms with Gasteiger partial charge in [-0.2, -0.15) is 0 Å². The summed E-state index contributed by atoms with van der Waals surface area (Å²) >= 11 is 5.81. The number of nitrogens with one attached hydrogen (secondary N) is 2. The van der Waals surface area contributed by atoms with E-state index >= 15 is 0 Å². The summed E-state index contributed by atoms with van der Waals surface area (Å²) in [5, 5.41) is 6.08. The summed E-state index contributed by atoms with van der Waals surface area (Å²) < 4.78 is 0. The number of carbonyl (C=O) groups is 2. The first-order valence-corrected chi connectivity index (χ1v) is 6.74.